The van der Waals surface area contributed by atoms with Crippen molar-refractivity contribution < 1.29 is 14.2 Å². The number of benzene rings is 3. The van der Waals surface area contributed by atoms with Crippen LogP contribution in [0, 0.1) is 11.3 Å². The van der Waals surface area contributed by atoms with Crippen LogP contribution in [0.2, 0.25) is 0 Å². The van der Waals surface area contributed by atoms with Crippen molar-refractivity contribution in [3.05, 3.63) is 77.2 Å². The van der Waals surface area contributed by atoms with E-state index in [1.807, 2.05) is 48.5 Å². The number of fused-ring (bicyclic) bond motifs is 4. The SMILES string of the molecule is N#CC1=C(N)Oc2c(ccc3ccccc23)C1Cc1ccc2c(c1)OCO2. The molecule has 3 aromatic carbocycles. The first-order valence-electron chi connectivity index (χ1n) is 8.72. The molecule has 2 aliphatic heterocycles. The Morgan fingerprint density at radius 3 is 2.78 bits per heavy atom. The van der Waals surface area contributed by atoms with Gasteiger partial charge in [-0.05, 0) is 29.5 Å². The van der Waals surface area contributed by atoms with Crippen molar-refractivity contribution in [1.29, 1.82) is 5.26 Å². The molecular formula is C22H16N2O3. The molecule has 0 saturated carbocycles. The smallest absolute Gasteiger partial charge is 0.231 e. The van der Waals surface area contributed by atoms with Crippen molar-refractivity contribution in [1.82, 2.24) is 0 Å². The Balaban J connectivity index is 1.62. The molecule has 2 aliphatic rings. The molecule has 0 amide bonds. The van der Waals surface area contributed by atoms with Crippen molar-refractivity contribution in [2.75, 3.05) is 6.79 Å². The lowest BCUT2D eigenvalue weighted by molar-refractivity contribution is 0.174. The number of hydrogen-bond donors (Lipinski definition) is 1. The molecule has 2 N–H and O–H groups in total. The Kier molecular flexibility index (Phi) is 3.44. The summed E-state index contributed by atoms with van der Waals surface area (Å²) in [6.45, 7) is 0.237. The van der Waals surface area contributed by atoms with Gasteiger partial charge in [0.05, 0.1) is 5.57 Å². The van der Waals surface area contributed by atoms with Crippen LogP contribution in [0.3, 0.4) is 0 Å². The summed E-state index contributed by atoms with van der Waals surface area (Å²) < 4.78 is 16.7. The van der Waals surface area contributed by atoms with Gasteiger partial charge in [0.1, 0.15) is 11.8 Å². The predicted molar refractivity (Wildman–Crippen MR) is 100 cm³/mol. The monoisotopic (exact) mass is 356 g/mol. The summed E-state index contributed by atoms with van der Waals surface area (Å²) in [5, 5.41) is 11.8. The van der Waals surface area contributed by atoms with E-state index >= 15 is 0 Å². The van der Waals surface area contributed by atoms with Gasteiger partial charge in [-0.15, -0.1) is 0 Å². The molecule has 3 aromatic rings. The van der Waals surface area contributed by atoms with Gasteiger partial charge in [-0.2, -0.15) is 5.26 Å². The van der Waals surface area contributed by atoms with Crippen LogP contribution in [0.4, 0.5) is 0 Å². The fourth-order valence-corrected chi connectivity index (χ4v) is 3.79. The van der Waals surface area contributed by atoms with Crippen LogP contribution in [0.15, 0.2) is 66.1 Å². The molecule has 0 aliphatic carbocycles. The topological polar surface area (TPSA) is 77.5 Å². The number of nitrogens with two attached hydrogens (primary N) is 1. The van der Waals surface area contributed by atoms with Crippen molar-refractivity contribution >= 4 is 10.8 Å². The molecule has 132 valence electrons. The summed E-state index contributed by atoms with van der Waals surface area (Å²) in [6.07, 6.45) is 0.620. The second-order valence-corrected chi connectivity index (χ2v) is 6.64. The van der Waals surface area contributed by atoms with E-state index in [9.17, 15) is 5.26 Å². The summed E-state index contributed by atoms with van der Waals surface area (Å²) in [7, 11) is 0. The molecule has 1 atom stereocenters. The average Bonchev–Trinajstić information content (AvgIpc) is 3.16. The van der Waals surface area contributed by atoms with Gasteiger partial charge < -0.3 is 19.9 Å². The minimum atomic E-state index is -0.177. The van der Waals surface area contributed by atoms with Crippen LogP contribution in [0.25, 0.3) is 10.8 Å². The fourth-order valence-electron chi connectivity index (χ4n) is 3.79. The first-order valence-corrected chi connectivity index (χ1v) is 8.72. The second-order valence-electron chi connectivity index (χ2n) is 6.64. The Labute approximate surface area is 156 Å². The molecule has 1 unspecified atom stereocenters. The lowest BCUT2D eigenvalue weighted by atomic mass is 9.83. The third-order valence-corrected chi connectivity index (χ3v) is 5.11. The minimum absolute atomic E-state index is 0.173. The normalized spacial score (nSPS) is 17.4. The summed E-state index contributed by atoms with van der Waals surface area (Å²) in [4.78, 5) is 0. The molecule has 27 heavy (non-hydrogen) atoms. The second kappa shape index (κ2) is 5.96. The number of ether oxygens (including phenoxy) is 3. The van der Waals surface area contributed by atoms with Crippen LogP contribution >= 0.6 is 0 Å². The third kappa shape index (κ3) is 2.46. The number of hydrogen-bond acceptors (Lipinski definition) is 5. The number of nitrogens with zero attached hydrogens (tertiary/aromatic N) is 1. The van der Waals surface area contributed by atoms with Gasteiger partial charge in [0, 0.05) is 16.9 Å². The third-order valence-electron chi connectivity index (χ3n) is 5.11. The first-order chi connectivity index (χ1) is 13.2. The Bertz CT molecular complexity index is 1140. The van der Waals surface area contributed by atoms with Crippen LogP contribution in [-0.2, 0) is 6.42 Å². The molecule has 0 aromatic heterocycles. The van der Waals surface area contributed by atoms with Gasteiger partial charge in [-0.1, -0.05) is 42.5 Å². The van der Waals surface area contributed by atoms with Crippen molar-refractivity contribution in [2.24, 2.45) is 5.73 Å². The Morgan fingerprint density at radius 1 is 1.04 bits per heavy atom. The van der Waals surface area contributed by atoms with Gasteiger partial charge in [-0.25, -0.2) is 0 Å². The molecular weight excluding hydrogens is 340 g/mol. The molecule has 5 rings (SSSR count). The van der Waals surface area contributed by atoms with E-state index < -0.39 is 0 Å². The van der Waals surface area contributed by atoms with Crippen LogP contribution in [0.1, 0.15) is 17.0 Å². The zero-order valence-corrected chi connectivity index (χ0v) is 14.4. The maximum absolute atomic E-state index is 9.69. The van der Waals surface area contributed by atoms with Crippen molar-refractivity contribution in [3.63, 3.8) is 0 Å². The van der Waals surface area contributed by atoms with Crippen LogP contribution in [0.5, 0.6) is 17.2 Å². The highest BCUT2D eigenvalue weighted by atomic mass is 16.7. The van der Waals surface area contributed by atoms with Gasteiger partial charge in [0.25, 0.3) is 0 Å². The predicted octanol–water partition coefficient (Wildman–Crippen LogP) is 3.98. The van der Waals surface area contributed by atoms with E-state index in [-0.39, 0.29) is 18.6 Å². The van der Waals surface area contributed by atoms with Crippen LogP contribution in [-0.4, -0.2) is 6.79 Å². The average molecular weight is 356 g/mol. The highest BCUT2D eigenvalue weighted by Crippen LogP contribution is 2.44. The van der Waals surface area contributed by atoms with E-state index in [1.165, 1.54) is 0 Å². The van der Waals surface area contributed by atoms with E-state index in [2.05, 4.69) is 12.1 Å². The van der Waals surface area contributed by atoms with Gasteiger partial charge in [0.15, 0.2) is 11.5 Å². The van der Waals surface area contributed by atoms with E-state index in [0.29, 0.717) is 12.0 Å². The molecule has 2 heterocycles. The van der Waals surface area contributed by atoms with Gasteiger partial charge in [-0.3, -0.25) is 0 Å². The zero-order valence-electron chi connectivity index (χ0n) is 14.4. The minimum Gasteiger partial charge on any atom is -0.454 e. The molecule has 5 heteroatoms. The van der Waals surface area contributed by atoms with E-state index in [0.717, 1.165) is 39.1 Å². The Morgan fingerprint density at radius 2 is 1.89 bits per heavy atom. The molecule has 0 fully saturated rings. The maximum atomic E-state index is 9.69. The molecule has 0 bridgehead atoms. The summed E-state index contributed by atoms with van der Waals surface area (Å²) in [5.74, 6) is 2.20. The van der Waals surface area contributed by atoms with Gasteiger partial charge >= 0.3 is 0 Å². The fraction of sp³-hybridized carbons (Fsp3) is 0.136. The lowest BCUT2D eigenvalue weighted by Crippen LogP contribution is -2.21. The van der Waals surface area contributed by atoms with E-state index in [1.54, 1.807) is 0 Å². The standard InChI is InChI=1S/C22H16N2O3/c23-11-18-17(9-13-5-8-19-20(10-13)26-12-25-19)16-7-6-14-3-1-2-4-15(14)21(16)27-22(18)24/h1-8,10,17H,9,12,24H2. The molecule has 0 radical (unpaired) electrons. The quantitative estimate of drug-likeness (QED) is 0.751. The highest BCUT2D eigenvalue weighted by molar-refractivity contribution is 5.90. The maximum Gasteiger partial charge on any atom is 0.231 e. The summed E-state index contributed by atoms with van der Waals surface area (Å²) >= 11 is 0. The van der Waals surface area contributed by atoms with Crippen molar-refractivity contribution in [3.8, 4) is 23.3 Å². The lowest BCUT2D eigenvalue weighted by Gasteiger charge is -2.27. The van der Waals surface area contributed by atoms with E-state index in [4.69, 9.17) is 19.9 Å². The summed E-state index contributed by atoms with van der Waals surface area (Å²) in [6, 6.07) is 20.2. The Hall–Kier alpha value is -3.65. The van der Waals surface area contributed by atoms with Gasteiger partial charge in [0.2, 0.25) is 12.7 Å². The zero-order chi connectivity index (χ0) is 18.4. The highest BCUT2D eigenvalue weighted by Gasteiger charge is 2.30. The first kappa shape index (κ1) is 15.6. The number of nitriles is 1. The molecule has 0 saturated heterocycles. The number of rotatable bonds is 2. The molecule has 0 spiro atoms. The molecule has 5 nitrogen and oxygen atoms in total. The summed E-state index contributed by atoms with van der Waals surface area (Å²) in [5.41, 5.74) is 8.59. The van der Waals surface area contributed by atoms with Crippen molar-refractivity contribution in [2.45, 2.75) is 12.3 Å². The van der Waals surface area contributed by atoms with Crippen LogP contribution < -0.4 is 19.9 Å². The largest absolute Gasteiger partial charge is 0.454 e. The number of allylic oxidation sites excluding steroid dienone is 1.